The first kappa shape index (κ1) is 16.2. The van der Waals surface area contributed by atoms with Crippen molar-refractivity contribution in [3.05, 3.63) is 46.9 Å². The summed E-state index contributed by atoms with van der Waals surface area (Å²) in [5.41, 5.74) is 2.09. The van der Waals surface area contributed by atoms with Crippen LogP contribution in [0.15, 0.2) is 30.6 Å². The Morgan fingerprint density at radius 1 is 1.27 bits per heavy atom. The minimum Gasteiger partial charge on any atom is -0.350 e. The number of carbonyl (C=O) groups excluding carboxylic acids is 1. The van der Waals surface area contributed by atoms with Crippen molar-refractivity contribution >= 4 is 29.0 Å². The maximum Gasteiger partial charge on any atom is 0.271 e. The molecule has 0 bridgehead atoms. The number of rotatable bonds is 5. The van der Waals surface area contributed by atoms with E-state index < -0.39 is 0 Å². The molecule has 0 unspecified atom stereocenters. The molecule has 2 N–H and O–H groups in total. The molecule has 0 aliphatic rings. The van der Waals surface area contributed by atoms with Gasteiger partial charge < -0.3 is 10.6 Å². The van der Waals surface area contributed by atoms with E-state index in [4.69, 9.17) is 11.6 Å². The van der Waals surface area contributed by atoms with E-state index in [9.17, 15) is 4.79 Å². The summed E-state index contributed by atoms with van der Waals surface area (Å²) in [7, 11) is 0. The van der Waals surface area contributed by atoms with Gasteiger partial charge in [0.2, 0.25) is 0 Å². The second-order valence-electron chi connectivity index (χ2n) is 5.43. The number of nitrogens with zero attached hydrogens (tertiary/aromatic N) is 2. The standard InChI is InChI=1S/C16H19ClN4O/c1-10(2)7-20-16(22)14-8-19-15(9-18-14)21-13-6-4-5-12(17)11(13)3/h4-6,8-10H,7H2,1-3H3,(H,19,21)(H,20,22). The SMILES string of the molecule is Cc1c(Cl)cccc1Nc1cnc(C(=O)NCC(C)C)cn1. The van der Waals surface area contributed by atoms with Gasteiger partial charge in [-0.05, 0) is 30.5 Å². The Labute approximate surface area is 135 Å². The highest BCUT2D eigenvalue weighted by molar-refractivity contribution is 6.31. The highest BCUT2D eigenvalue weighted by Crippen LogP contribution is 2.25. The molecular weight excluding hydrogens is 300 g/mol. The maximum atomic E-state index is 11.9. The van der Waals surface area contributed by atoms with Gasteiger partial charge in [-0.15, -0.1) is 0 Å². The summed E-state index contributed by atoms with van der Waals surface area (Å²) >= 11 is 6.08. The van der Waals surface area contributed by atoms with Gasteiger partial charge in [0.1, 0.15) is 11.5 Å². The van der Waals surface area contributed by atoms with Crippen molar-refractivity contribution < 1.29 is 4.79 Å². The molecule has 0 saturated heterocycles. The van der Waals surface area contributed by atoms with Crippen molar-refractivity contribution in [3.8, 4) is 0 Å². The lowest BCUT2D eigenvalue weighted by atomic mass is 10.2. The van der Waals surface area contributed by atoms with Crippen LogP contribution in [-0.2, 0) is 0 Å². The first-order valence-electron chi connectivity index (χ1n) is 7.09. The van der Waals surface area contributed by atoms with Crippen LogP contribution >= 0.6 is 11.6 Å². The molecule has 6 heteroatoms. The van der Waals surface area contributed by atoms with Crippen molar-refractivity contribution in [1.29, 1.82) is 0 Å². The fraction of sp³-hybridized carbons (Fsp3) is 0.312. The molecule has 0 aliphatic heterocycles. The molecule has 116 valence electrons. The number of halogens is 1. The summed E-state index contributed by atoms with van der Waals surface area (Å²) in [6.45, 7) is 6.60. The summed E-state index contributed by atoms with van der Waals surface area (Å²) in [6.07, 6.45) is 2.99. The molecule has 2 aromatic rings. The lowest BCUT2D eigenvalue weighted by Crippen LogP contribution is -2.28. The number of anilines is 2. The quantitative estimate of drug-likeness (QED) is 0.884. The number of hydrogen-bond acceptors (Lipinski definition) is 4. The van der Waals surface area contributed by atoms with Crippen LogP contribution in [-0.4, -0.2) is 22.4 Å². The van der Waals surface area contributed by atoms with Crippen LogP contribution in [0.1, 0.15) is 29.9 Å². The van der Waals surface area contributed by atoms with Crippen molar-refractivity contribution in [3.63, 3.8) is 0 Å². The molecule has 0 fully saturated rings. The number of hydrogen-bond donors (Lipinski definition) is 2. The van der Waals surface area contributed by atoms with E-state index in [1.165, 1.54) is 12.4 Å². The Balaban J connectivity index is 2.06. The number of carbonyl (C=O) groups is 1. The van der Waals surface area contributed by atoms with Crippen molar-refractivity contribution in [2.45, 2.75) is 20.8 Å². The normalized spacial score (nSPS) is 10.6. The van der Waals surface area contributed by atoms with E-state index in [2.05, 4.69) is 20.6 Å². The zero-order valence-electron chi connectivity index (χ0n) is 12.9. The van der Waals surface area contributed by atoms with Crippen LogP contribution < -0.4 is 10.6 Å². The molecular formula is C16H19ClN4O. The largest absolute Gasteiger partial charge is 0.350 e. The van der Waals surface area contributed by atoms with Crippen LogP contribution in [0, 0.1) is 12.8 Å². The van der Waals surface area contributed by atoms with E-state index in [0.29, 0.717) is 29.0 Å². The molecule has 0 aliphatic carbocycles. The lowest BCUT2D eigenvalue weighted by molar-refractivity contribution is 0.0943. The first-order chi connectivity index (χ1) is 10.5. The van der Waals surface area contributed by atoms with Gasteiger partial charge >= 0.3 is 0 Å². The average Bonchev–Trinajstić information content (AvgIpc) is 2.50. The number of aromatic nitrogens is 2. The van der Waals surface area contributed by atoms with E-state index >= 15 is 0 Å². The van der Waals surface area contributed by atoms with E-state index in [0.717, 1.165) is 11.3 Å². The van der Waals surface area contributed by atoms with E-state index in [1.807, 2.05) is 39.0 Å². The third kappa shape index (κ3) is 4.18. The molecule has 0 saturated carbocycles. The summed E-state index contributed by atoms with van der Waals surface area (Å²) < 4.78 is 0. The lowest BCUT2D eigenvalue weighted by Gasteiger charge is -2.10. The predicted octanol–water partition coefficient (Wildman–Crippen LogP) is 3.57. The van der Waals surface area contributed by atoms with Gasteiger partial charge in [0.05, 0.1) is 12.4 Å². The van der Waals surface area contributed by atoms with Gasteiger partial charge in [-0.25, -0.2) is 9.97 Å². The first-order valence-corrected chi connectivity index (χ1v) is 7.47. The predicted molar refractivity (Wildman–Crippen MR) is 88.7 cm³/mol. The summed E-state index contributed by atoms with van der Waals surface area (Å²) in [5, 5.41) is 6.63. The molecule has 0 radical (unpaired) electrons. The Morgan fingerprint density at radius 3 is 2.68 bits per heavy atom. The minimum absolute atomic E-state index is 0.216. The summed E-state index contributed by atoms with van der Waals surface area (Å²) in [5.74, 6) is 0.737. The van der Waals surface area contributed by atoms with Crippen molar-refractivity contribution in [2.75, 3.05) is 11.9 Å². The molecule has 1 heterocycles. The van der Waals surface area contributed by atoms with Crippen LogP contribution in [0.5, 0.6) is 0 Å². The Bertz CT molecular complexity index is 656. The third-order valence-electron chi connectivity index (χ3n) is 3.09. The monoisotopic (exact) mass is 318 g/mol. The van der Waals surface area contributed by atoms with Gasteiger partial charge in [0.25, 0.3) is 5.91 Å². The van der Waals surface area contributed by atoms with Crippen molar-refractivity contribution in [2.24, 2.45) is 5.92 Å². The second kappa shape index (κ2) is 7.22. The van der Waals surface area contributed by atoms with Crippen LogP contribution in [0.4, 0.5) is 11.5 Å². The molecule has 2 rings (SSSR count). The van der Waals surface area contributed by atoms with Crippen LogP contribution in [0.25, 0.3) is 0 Å². The number of benzene rings is 1. The zero-order valence-corrected chi connectivity index (χ0v) is 13.6. The highest BCUT2D eigenvalue weighted by Gasteiger charge is 2.09. The van der Waals surface area contributed by atoms with Crippen LogP contribution in [0.2, 0.25) is 5.02 Å². The Kier molecular flexibility index (Phi) is 5.33. The fourth-order valence-electron chi connectivity index (χ4n) is 1.78. The van der Waals surface area contributed by atoms with Gasteiger partial charge in [-0.1, -0.05) is 31.5 Å². The highest BCUT2D eigenvalue weighted by atomic mass is 35.5. The average molecular weight is 319 g/mol. The van der Waals surface area contributed by atoms with Crippen molar-refractivity contribution in [1.82, 2.24) is 15.3 Å². The summed E-state index contributed by atoms with van der Waals surface area (Å²) in [4.78, 5) is 20.2. The van der Waals surface area contributed by atoms with Gasteiger partial charge in [0.15, 0.2) is 0 Å². The smallest absolute Gasteiger partial charge is 0.271 e. The van der Waals surface area contributed by atoms with Crippen LogP contribution in [0.3, 0.4) is 0 Å². The van der Waals surface area contributed by atoms with E-state index in [-0.39, 0.29) is 5.91 Å². The van der Waals surface area contributed by atoms with Gasteiger partial charge in [0, 0.05) is 17.3 Å². The zero-order chi connectivity index (χ0) is 16.1. The van der Waals surface area contributed by atoms with Gasteiger partial charge in [-0.2, -0.15) is 0 Å². The molecule has 0 atom stereocenters. The Hall–Kier alpha value is -2.14. The van der Waals surface area contributed by atoms with Gasteiger partial charge in [-0.3, -0.25) is 4.79 Å². The Morgan fingerprint density at radius 2 is 2.05 bits per heavy atom. The minimum atomic E-state index is -0.216. The second-order valence-corrected chi connectivity index (χ2v) is 5.84. The molecule has 1 amide bonds. The molecule has 5 nitrogen and oxygen atoms in total. The third-order valence-corrected chi connectivity index (χ3v) is 3.50. The number of nitrogens with one attached hydrogen (secondary N) is 2. The van der Waals surface area contributed by atoms with E-state index in [1.54, 1.807) is 0 Å². The molecule has 22 heavy (non-hydrogen) atoms. The topological polar surface area (TPSA) is 66.9 Å². The molecule has 1 aromatic carbocycles. The fourth-order valence-corrected chi connectivity index (χ4v) is 1.95. The summed E-state index contributed by atoms with van der Waals surface area (Å²) in [6, 6.07) is 5.60. The number of amides is 1. The maximum absolute atomic E-state index is 11.9. The molecule has 1 aromatic heterocycles. The molecule has 0 spiro atoms.